The Hall–Kier alpha value is -3.12. The van der Waals surface area contributed by atoms with E-state index >= 15 is 0 Å². The standard InChI is InChI=1S/C19H17ClN4O2/c1-26-16-8-3-2-7-15(16)22-18-14(11-21)19(25)24-17(23-18)10-12-5-4-6-13(20)9-12/h2-9,11,21H,10H2,1H3,(H2,22,23,24,25). The lowest BCUT2D eigenvalue weighted by Gasteiger charge is -2.13. The van der Waals surface area contributed by atoms with E-state index in [2.05, 4.69) is 15.3 Å². The summed E-state index contributed by atoms with van der Waals surface area (Å²) in [5.41, 5.74) is 1.34. The largest absolute Gasteiger partial charge is 0.495 e. The van der Waals surface area contributed by atoms with Gasteiger partial charge in [0.2, 0.25) is 0 Å². The molecular formula is C19H17ClN4O2. The number of methoxy groups -OCH3 is 1. The van der Waals surface area contributed by atoms with Gasteiger partial charge in [0.15, 0.2) is 0 Å². The van der Waals surface area contributed by atoms with Crippen molar-refractivity contribution in [1.29, 1.82) is 5.41 Å². The fourth-order valence-corrected chi connectivity index (χ4v) is 2.77. The zero-order valence-corrected chi connectivity index (χ0v) is 14.8. The molecule has 1 heterocycles. The van der Waals surface area contributed by atoms with Crippen molar-refractivity contribution in [2.45, 2.75) is 6.42 Å². The molecule has 6 nitrogen and oxygen atoms in total. The Morgan fingerprint density at radius 1 is 1.27 bits per heavy atom. The van der Waals surface area contributed by atoms with E-state index in [9.17, 15) is 4.79 Å². The summed E-state index contributed by atoms with van der Waals surface area (Å²) in [6.07, 6.45) is 1.39. The van der Waals surface area contributed by atoms with Crippen LogP contribution in [0.5, 0.6) is 5.75 Å². The van der Waals surface area contributed by atoms with E-state index in [0.29, 0.717) is 34.5 Å². The number of benzene rings is 2. The molecule has 3 aromatic rings. The van der Waals surface area contributed by atoms with Gasteiger partial charge in [0, 0.05) is 17.7 Å². The molecule has 0 aliphatic heterocycles. The van der Waals surface area contributed by atoms with Crippen LogP contribution in [0.4, 0.5) is 11.5 Å². The summed E-state index contributed by atoms with van der Waals surface area (Å²) in [6.45, 7) is 0. The number of anilines is 2. The van der Waals surface area contributed by atoms with Crippen LogP contribution < -0.4 is 15.6 Å². The van der Waals surface area contributed by atoms with Crippen molar-refractivity contribution in [2.75, 3.05) is 12.4 Å². The molecule has 0 aliphatic rings. The smallest absolute Gasteiger partial charge is 0.261 e. The number of para-hydroxylation sites is 2. The third-order valence-electron chi connectivity index (χ3n) is 3.77. The summed E-state index contributed by atoms with van der Waals surface area (Å²) in [4.78, 5) is 19.6. The van der Waals surface area contributed by atoms with Gasteiger partial charge in [-0.05, 0) is 29.8 Å². The van der Waals surface area contributed by atoms with Gasteiger partial charge in [-0.25, -0.2) is 4.98 Å². The van der Waals surface area contributed by atoms with E-state index in [-0.39, 0.29) is 11.1 Å². The molecule has 1 aromatic heterocycles. The molecule has 0 fully saturated rings. The number of H-pyrrole nitrogens is 1. The molecule has 2 aromatic carbocycles. The summed E-state index contributed by atoms with van der Waals surface area (Å²) in [5.74, 6) is 1.38. The van der Waals surface area contributed by atoms with Gasteiger partial charge in [-0.2, -0.15) is 0 Å². The molecule has 26 heavy (non-hydrogen) atoms. The van der Waals surface area contributed by atoms with Crippen LogP contribution in [0.15, 0.2) is 53.3 Å². The van der Waals surface area contributed by atoms with Gasteiger partial charge in [-0.1, -0.05) is 35.9 Å². The second-order valence-corrected chi connectivity index (χ2v) is 5.99. The lowest BCUT2D eigenvalue weighted by Crippen LogP contribution is -2.19. The van der Waals surface area contributed by atoms with E-state index in [1.165, 1.54) is 0 Å². The second kappa shape index (κ2) is 7.84. The molecule has 0 saturated heterocycles. The molecule has 0 aliphatic carbocycles. The Balaban J connectivity index is 1.99. The van der Waals surface area contributed by atoms with Crippen molar-refractivity contribution in [3.8, 4) is 5.75 Å². The Kier molecular flexibility index (Phi) is 5.34. The predicted molar refractivity (Wildman–Crippen MR) is 103 cm³/mol. The van der Waals surface area contributed by atoms with E-state index in [0.717, 1.165) is 11.8 Å². The first-order chi connectivity index (χ1) is 12.6. The van der Waals surface area contributed by atoms with Gasteiger partial charge in [0.05, 0.1) is 18.4 Å². The van der Waals surface area contributed by atoms with Crippen LogP contribution in [0.3, 0.4) is 0 Å². The average molecular weight is 369 g/mol. The molecule has 0 amide bonds. The molecule has 3 rings (SSSR count). The summed E-state index contributed by atoms with van der Waals surface area (Å²) < 4.78 is 5.31. The molecule has 132 valence electrons. The number of halogens is 1. The van der Waals surface area contributed by atoms with Crippen LogP contribution in [0, 0.1) is 5.41 Å². The Bertz CT molecular complexity index is 1000. The normalized spacial score (nSPS) is 10.4. The van der Waals surface area contributed by atoms with E-state index in [1.807, 2.05) is 36.4 Å². The molecule has 0 atom stereocenters. The zero-order valence-electron chi connectivity index (χ0n) is 14.0. The number of aromatic amines is 1. The maximum atomic E-state index is 12.3. The predicted octanol–water partition coefficient (Wildman–Crippen LogP) is 3.76. The highest BCUT2D eigenvalue weighted by molar-refractivity contribution is 6.30. The van der Waals surface area contributed by atoms with Crippen LogP contribution in [0.2, 0.25) is 5.02 Å². The molecule has 0 unspecified atom stereocenters. The highest BCUT2D eigenvalue weighted by Gasteiger charge is 2.12. The number of rotatable bonds is 6. The van der Waals surface area contributed by atoms with Gasteiger partial charge in [-0.3, -0.25) is 4.79 Å². The first-order valence-corrected chi connectivity index (χ1v) is 8.26. The molecule has 7 heteroatoms. The van der Waals surface area contributed by atoms with Gasteiger partial charge in [0.25, 0.3) is 5.56 Å². The number of aromatic nitrogens is 2. The Labute approximate surface area is 155 Å². The summed E-state index contributed by atoms with van der Waals surface area (Å²) >= 11 is 6.01. The van der Waals surface area contributed by atoms with Crippen molar-refractivity contribution in [2.24, 2.45) is 0 Å². The first-order valence-electron chi connectivity index (χ1n) is 7.89. The summed E-state index contributed by atoms with van der Waals surface area (Å²) in [7, 11) is 1.56. The van der Waals surface area contributed by atoms with Crippen molar-refractivity contribution >= 4 is 29.3 Å². The second-order valence-electron chi connectivity index (χ2n) is 5.55. The number of hydrogen-bond acceptors (Lipinski definition) is 5. The molecule has 3 N–H and O–H groups in total. The molecular weight excluding hydrogens is 352 g/mol. The van der Waals surface area contributed by atoms with E-state index < -0.39 is 0 Å². The van der Waals surface area contributed by atoms with Crippen LogP contribution in [0.1, 0.15) is 17.0 Å². The first kappa shape index (κ1) is 17.7. The summed E-state index contributed by atoms with van der Waals surface area (Å²) in [6, 6.07) is 14.7. The monoisotopic (exact) mass is 368 g/mol. The third-order valence-corrected chi connectivity index (χ3v) is 4.00. The van der Waals surface area contributed by atoms with Crippen LogP contribution in [-0.2, 0) is 6.42 Å². The SMILES string of the molecule is COc1ccccc1Nc1nc(Cc2cccc(Cl)c2)[nH]c(=O)c1C=N. The lowest BCUT2D eigenvalue weighted by atomic mass is 10.1. The van der Waals surface area contributed by atoms with Crippen LogP contribution in [0.25, 0.3) is 0 Å². The zero-order chi connectivity index (χ0) is 18.5. The van der Waals surface area contributed by atoms with Crippen molar-refractivity contribution in [3.63, 3.8) is 0 Å². The van der Waals surface area contributed by atoms with E-state index in [1.54, 1.807) is 19.2 Å². The van der Waals surface area contributed by atoms with Crippen LogP contribution >= 0.6 is 11.6 Å². The van der Waals surface area contributed by atoms with E-state index in [4.69, 9.17) is 21.7 Å². The minimum absolute atomic E-state index is 0.144. The molecule has 0 spiro atoms. The fourth-order valence-electron chi connectivity index (χ4n) is 2.56. The number of ether oxygens (including phenoxy) is 1. The molecule has 0 bridgehead atoms. The van der Waals surface area contributed by atoms with Gasteiger partial charge in [0.1, 0.15) is 17.4 Å². The Morgan fingerprint density at radius 2 is 2.08 bits per heavy atom. The highest BCUT2D eigenvalue weighted by atomic mass is 35.5. The minimum Gasteiger partial charge on any atom is -0.495 e. The third kappa shape index (κ3) is 3.92. The maximum absolute atomic E-state index is 12.3. The number of hydrogen-bond donors (Lipinski definition) is 3. The molecule has 0 saturated carbocycles. The highest BCUT2D eigenvalue weighted by Crippen LogP contribution is 2.26. The quantitative estimate of drug-likeness (QED) is 0.578. The number of nitrogens with zero attached hydrogens (tertiary/aromatic N) is 1. The minimum atomic E-state index is -0.385. The van der Waals surface area contributed by atoms with Crippen molar-refractivity contribution in [3.05, 3.63) is 80.9 Å². The summed E-state index contributed by atoms with van der Waals surface area (Å²) in [5, 5.41) is 11.2. The lowest BCUT2D eigenvalue weighted by molar-refractivity contribution is 0.417. The van der Waals surface area contributed by atoms with Gasteiger partial charge in [-0.15, -0.1) is 0 Å². The Morgan fingerprint density at radius 3 is 2.81 bits per heavy atom. The van der Waals surface area contributed by atoms with Crippen molar-refractivity contribution < 1.29 is 4.74 Å². The topological polar surface area (TPSA) is 90.9 Å². The fraction of sp³-hybridized carbons (Fsp3) is 0.105. The maximum Gasteiger partial charge on any atom is 0.261 e. The molecule has 0 radical (unpaired) electrons. The van der Waals surface area contributed by atoms with Crippen molar-refractivity contribution in [1.82, 2.24) is 9.97 Å². The van der Waals surface area contributed by atoms with Gasteiger partial charge < -0.3 is 20.4 Å². The number of nitrogens with one attached hydrogen (secondary N) is 3. The van der Waals surface area contributed by atoms with Gasteiger partial charge >= 0.3 is 0 Å². The average Bonchev–Trinajstić information content (AvgIpc) is 2.62. The van der Waals surface area contributed by atoms with Crippen LogP contribution in [-0.4, -0.2) is 23.3 Å².